The molecule has 84 valence electrons. The Hall–Kier alpha value is -1.32. The molecule has 5 heteroatoms. The summed E-state index contributed by atoms with van der Waals surface area (Å²) in [5.74, 6) is 1.49. The van der Waals surface area contributed by atoms with E-state index in [1.54, 1.807) is 6.08 Å². The van der Waals surface area contributed by atoms with E-state index in [2.05, 4.69) is 20.9 Å². The molecule has 1 heterocycles. The highest BCUT2D eigenvalue weighted by Crippen LogP contribution is 2.43. The van der Waals surface area contributed by atoms with Crippen molar-refractivity contribution in [3.05, 3.63) is 21.7 Å². The summed E-state index contributed by atoms with van der Waals surface area (Å²) >= 11 is 3.41. The molecule has 0 aliphatic carbocycles. The lowest BCUT2D eigenvalue weighted by atomic mass is 10.0. The molecule has 0 spiro atoms. The molecule has 16 heavy (non-hydrogen) atoms. The van der Waals surface area contributed by atoms with Crippen molar-refractivity contribution in [1.82, 2.24) is 0 Å². The van der Waals surface area contributed by atoms with Crippen LogP contribution < -0.4 is 9.47 Å². The fourth-order valence-corrected chi connectivity index (χ4v) is 2.35. The average Bonchev–Trinajstić information content (AvgIpc) is 2.76. The number of hydrogen-bond acceptors (Lipinski definition) is 4. The van der Waals surface area contributed by atoms with E-state index >= 15 is 0 Å². The number of halogens is 1. The molecule has 1 aliphatic heterocycles. The molecule has 0 bridgehead atoms. The van der Waals surface area contributed by atoms with Crippen molar-refractivity contribution in [2.24, 2.45) is 4.99 Å². The Kier molecular flexibility index (Phi) is 3.27. The lowest BCUT2D eigenvalue weighted by Crippen LogP contribution is -1.96. The first-order chi connectivity index (χ1) is 7.77. The van der Waals surface area contributed by atoms with E-state index in [9.17, 15) is 4.79 Å². The van der Waals surface area contributed by atoms with E-state index in [1.165, 1.54) is 0 Å². The highest BCUT2D eigenvalue weighted by atomic mass is 79.9. The SMILES string of the molecule is CCc1c(CN=C=O)cc(Br)c2c1OCO2. The van der Waals surface area contributed by atoms with Crippen molar-refractivity contribution in [1.29, 1.82) is 0 Å². The zero-order chi connectivity index (χ0) is 11.5. The Morgan fingerprint density at radius 3 is 2.94 bits per heavy atom. The van der Waals surface area contributed by atoms with Crippen LogP contribution in [0.15, 0.2) is 15.5 Å². The molecule has 0 atom stereocenters. The Morgan fingerprint density at radius 1 is 1.50 bits per heavy atom. The number of ether oxygens (including phenoxy) is 2. The maximum absolute atomic E-state index is 10.1. The molecule has 2 rings (SSSR count). The van der Waals surface area contributed by atoms with Crippen molar-refractivity contribution in [2.75, 3.05) is 6.79 Å². The first kappa shape index (κ1) is 11.2. The van der Waals surface area contributed by atoms with Gasteiger partial charge >= 0.3 is 0 Å². The maximum atomic E-state index is 10.1. The minimum absolute atomic E-state index is 0.237. The quantitative estimate of drug-likeness (QED) is 0.633. The number of isocyanates is 1. The molecule has 0 saturated heterocycles. The highest BCUT2D eigenvalue weighted by Gasteiger charge is 2.23. The van der Waals surface area contributed by atoms with Crippen molar-refractivity contribution in [3.63, 3.8) is 0 Å². The molecule has 1 aliphatic rings. The maximum Gasteiger partial charge on any atom is 0.235 e. The van der Waals surface area contributed by atoms with Crippen LogP contribution in [-0.4, -0.2) is 12.9 Å². The second-order valence-electron chi connectivity index (χ2n) is 3.32. The van der Waals surface area contributed by atoms with Gasteiger partial charge < -0.3 is 9.47 Å². The molecular formula is C11H10BrNO3. The van der Waals surface area contributed by atoms with E-state index < -0.39 is 0 Å². The van der Waals surface area contributed by atoms with E-state index in [1.807, 2.05) is 13.0 Å². The van der Waals surface area contributed by atoms with Gasteiger partial charge in [0.2, 0.25) is 12.9 Å². The van der Waals surface area contributed by atoms with Gasteiger partial charge in [-0.25, -0.2) is 9.79 Å². The summed E-state index contributed by atoms with van der Waals surface area (Å²) < 4.78 is 11.6. The number of aliphatic imine (C=N–C) groups is 1. The van der Waals surface area contributed by atoms with Crippen LogP contribution in [0.2, 0.25) is 0 Å². The van der Waals surface area contributed by atoms with Crippen molar-refractivity contribution >= 4 is 22.0 Å². The summed E-state index contributed by atoms with van der Waals surface area (Å²) in [5.41, 5.74) is 2.00. The number of carbonyl (C=O) groups excluding carboxylic acids is 1. The van der Waals surface area contributed by atoms with Crippen molar-refractivity contribution < 1.29 is 14.3 Å². The zero-order valence-electron chi connectivity index (χ0n) is 8.75. The molecule has 4 nitrogen and oxygen atoms in total. The molecule has 0 unspecified atom stereocenters. The molecule has 0 radical (unpaired) electrons. The van der Waals surface area contributed by atoms with Gasteiger partial charge in [-0.15, -0.1) is 0 Å². The predicted octanol–water partition coefficient (Wildman–Crippen LogP) is 2.58. The lowest BCUT2D eigenvalue weighted by molar-refractivity contribution is 0.173. The summed E-state index contributed by atoms with van der Waals surface area (Å²) in [6.07, 6.45) is 2.35. The highest BCUT2D eigenvalue weighted by molar-refractivity contribution is 9.10. The first-order valence-corrected chi connectivity index (χ1v) is 5.70. The average molecular weight is 284 g/mol. The Morgan fingerprint density at radius 2 is 2.25 bits per heavy atom. The molecule has 0 saturated carbocycles. The molecular weight excluding hydrogens is 274 g/mol. The van der Waals surface area contributed by atoms with Gasteiger partial charge in [0.1, 0.15) is 0 Å². The minimum Gasteiger partial charge on any atom is -0.453 e. The molecule has 0 aromatic heterocycles. The fraction of sp³-hybridized carbons (Fsp3) is 0.364. The topological polar surface area (TPSA) is 47.9 Å². The van der Waals surface area contributed by atoms with E-state index in [4.69, 9.17) is 9.47 Å². The van der Waals surface area contributed by atoms with Gasteiger partial charge in [-0.05, 0) is 34.0 Å². The fourth-order valence-electron chi connectivity index (χ4n) is 1.78. The molecule has 1 aromatic rings. The van der Waals surface area contributed by atoms with Crippen LogP contribution in [0.1, 0.15) is 18.1 Å². The van der Waals surface area contributed by atoms with Crippen LogP contribution in [0.4, 0.5) is 0 Å². The zero-order valence-corrected chi connectivity index (χ0v) is 10.3. The number of fused-ring (bicyclic) bond motifs is 1. The largest absolute Gasteiger partial charge is 0.453 e. The summed E-state index contributed by atoms with van der Waals surface area (Å²) in [7, 11) is 0. The third-order valence-corrected chi connectivity index (χ3v) is 3.05. The van der Waals surface area contributed by atoms with Crippen LogP contribution in [0, 0.1) is 0 Å². The third kappa shape index (κ3) is 1.84. The lowest BCUT2D eigenvalue weighted by Gasteiger charge is -2.10. The van der Waals surface area contributed by atoms with Crippen molar-refractivity contribution in [3.8, 4) is 11.5 Å². The number of benzene rings is 1. The third-order valence-electron chi connectivity index (χ3n) is 2.46. The summed E-state index contributed by atoms with van der Waals surface area (Å²) in [6, 6.07) is 1.91. The van der Waals surface area contributed by atoms with Crippen LogP contribution in [0.5, 0.6) is 11.5 Å². The molecule has 0 N–H and O–H groups in total. The van der Waals surface area contributed by atoms with Crippen LogP contribution >= 0.6 is 15.9 Å². The first-order valence-electron chi connectivity index (χ1n) is 4.91. The van der Waals surface area contributed by atoms with Gasteiger partial charge in [0, 0.05) is 5.56 Å². The van der Waals surface area contributed by atoms with Crippen LogP contribution in [0.3, 0.4) is 0 Å². The van der Waals surface area contributed by atoms with E-state index in [-0.39, 0.29) is 6.79 Å². The van der Waals surface area contributed by atoms with Gasteiger partial charge in [-0.1, -0.05) is 6.92 Å². The van der Waals surface area contributed by atoms with Gasteiger partial charge in [0.15, 0.2) is 11.5 Å². The molecule has 1 aromatic carbocycles. The summed E-state index contributed by atoms with van der Waals surface area (Å²) in [4.78, 5) is 13.7. The standard InChI is InChI=1S/C11H10BrNO3/c1-2-8-7(4-13-5-14)3-9(12)11-10(8)15-6-16-11/h3H,2,4,6H2,1H3. The van der Waals surface area contributed by atoms with Gasteiger partial charge in [0.05, 0.1) is 11.0 Å². The van der Waals surface area contributed by atoms with E-state index in [0.717, 1.165) is 33.5 Å². The Balaban J connectivity index is 2.52. The normalized spacial score (nSPS) is 12.4. The number of nitrogens with zero attached hydrogens (tertiary/aromatic N) is 1. The van der Waals surface area contributed by atoms with Crippen LogP contribution in [0.25, 0.3) is 0 Å². The second-order valence-corrected chi connectivity index (χ2v) is 4.18. The Bertz CT molecular complexity index is 467. The predicted molar refractivity (Wildman–Crippen MR) is 61.5 cm³/mol. The second kappa shape index (κ2) is 4.68. The van der Waals surface area contributed by atoms with Crippen LogP contribution in [-0.2, 0) is 17.8 Å². The van der Waals surface area contributed by atoms with Crippen molar-refractivity contribution in [2.45, 2.75) is 19.9 Å². The molecule has 0 amide bonds. The molecule has 0 fully saturated rings. The number of hydrogen-bond donors (Lipinski definition) is 0. The summed E-state index contributed by atoms with van der Waals surface area (Å²) in [6.45, 7) is 2.59. The Labute approximate surface area is 101 Å². The smallest absolute Gasteiger partial charge is 0.235 e. The van der Waals surface area contributed by atoms with Gasteiger partial charge in [0.25, 0.3) is 0 Å². The number of rotatable bonds is 3. The monoisotopic (exact) mass is 283 g/mol. The minimum atomic E-state index is 0.237. The van der Waals surface area contributed by atoms with Gasteiger partial charge in [-0.3, -0.25) is 0 Å². The van der Waals surface area contributed by atoms with E-state index in [0.29, 0.717) is 6.54 Å². The summed E-state index contributed by atoms with van der Waals surface area (Å²) in [5, 5.41) is 0. The van der Waals surface area contributed by atoms with Gasteiger partial charge in [-0.2, -0.15) is 0 Å².